The van der Waals surface area contributed by atoms with Gasteiger partial charge in [-0.25, -0.2) is 9.37 Å². The summed E-state index contributed by atoms with van der Waals surface area (Å²) >= 11 is 6.09. The Morgan fingerprint density at radius 3 is 2.82 bits per heavy atom. The second-order valence-electron chi connectivity index (χ2n) is 5.66. The van der Waals surface area contributed by atoms with Gasteiger partial charge in [-0.3, -0.25) is 4.79 Å². The summed E-state index contributed by atoms with van der Waals surface area (Å²) < 4.78 is 15.0. The maximum atomic E-state index is 13.2. The Hall–Kier alpha value is -1.88. The molecule has 22 heavy (non-hydrogen) atoms. The summed E-state index contributed by atoms with van der Waals surface area (Å²) in [6, 6.07) is 4.27. The van der Waals surface area contributed by atoms with Crippen LogP contribution in [0.3, 0.4) is 0 Å². The van der Waals surface area contributed by atoms with Gasteiger partial charge in [-0.1, -0.05) is 17.7 Å². The number of aryl methyl sites for hydroxylation is 1. The largest absolute Gasteiger partial charge is 0.337 e. The summed E-state index contributed by atoms with van der Waals surface area (Å²) in [5.41, 5.74) is 0.742. The SMILES string of the molecule is Cn1ccnc1CN(Cc1ccc(F)cc1Cl)C(=O)C1CC1. The zero-order valence-electron chi connectivity index (χ0n) is 12.3. The summed E-state index contributed by atoms with van der Waals surface area (Å²) in [5.74, 6) is 0.660. The van der Waals surface area contributed by atoms with Crippen LogP contribution in [0.2, 0.25) is 5.02 Å². The van der Waals surface area contributed by atoms with Gasteiger partial charge in [0.15, 0.2) is 0 Å². The van der Waals surface area contributed by atoms with Gasteiger partial charge in [0.2, 0.25) is 5.91 Å². The zero-order valence-corrected chi connectivity index (χ0v) is 13.1. The van der Waals surface area contributed by atoms with Crippen LogP contribution in [0.4, 0.5) is 4.39 Å². The molecule has 1 saturated carbocycles. The van der Waals surface area contributed by atoms with E-state index < -0.39 is 0 Å². The van der Waals surface area contributed by atoms with Crippen molar-refractivity contribution in [1.29, 1.82) is 0 Å². The number of imidazole rings is 1. The number of rotatable bonds is 5. The molecule has 116 valence electrons. The first-order valence-corrected chi connectivity index (χ1v) is 7.61. The third-order valence-electron chi connectivity index (χ3n) is 3.87. The second kappa shape index (κ2) is 6.08. The standard InChI is InChI=1S/C16H17ClFN3O/c1-20-7-6-19-15(20)10-21(16(22)11-2-3-11)9-12-4-5-13(18)8-14(12)17/h4-8,11H,2-3,9-10H2,1H3. The van der Waals surface area contributed by atoms with Gasteiger partial charge in [-0.15, -0.1) is 0 Å². The Morgan fingerprint density at radius 1 is 1.45 bits per heavy atom. The smallest absolute Gasteiger partial charge is 0.226 e. The molecule has 0 aliphatic heterocycles. The van der Waals surface area contributed by atoms with Gasteiger partial charge in [0, 0.05) is 36.9 Å². The van der Waals surface area contributed by atoms with Gasteiger partial charge in [-0.05, 0) is 30.5 Å². The Labute approximate surface area is 133 Å². The molecule has 1 heterocycles. The monoisotopic (exact) mass is 321 g/mol. The Morgan fingerprint density at radius 2 is 2.23 bits per heavy atom. The molecule has 2 aromatic rings. The molecule has 1 aliphatic carbocycles. The van der Waals surface area contributed by atoms with Crippen molar-refractivity contribution in [3.05, 3.63) is 52.8 Å². The van der Waals surface area contributed by atoms with E-state index in [9.17, 15) is 9.18 Å². The van der Waals surface area contributed by atoms with E-state index in [1.54, 1.807) is 17.2 Å². The average Bonchev–Trinajstić information content (AvgIpc) is 3.25. The van der Waals surface area contributed by atoms with Crippen molar-refractivity contribution >= 4 is 17.5 Å². The number of hydrogen-bond donors (Lipinski definition) is 0. The summed E-state index contributed by atoms with van der Waals surface area (Å²) in [4.78, 5) is 18.5. The maximum Gasteiger partial charge on any atom is 0.226 e. The van der Waals surface area contributed by atoms with Crippen LogP contribution in [0.5, 0.6) is 0 Å². The lowest BCUT2D eigenvalue weighted by Crippen LogP contribution is -2.32. The molecule has 0 saturated heterocycles. The number of amides is 1. The van der Waals surface area contributed by atoms with E-state index in [0.717, 1.165) is 24.2 Å². The van der Waals surface area contributed by atoms with Crippen LogP contribution in [-0.4, -0.2) is 20.4 Å². The van der Waals surface area contributed by atoms with Crippen molar-refractivity contribution in [3.63, 3.8) is 0 Å². The number of benzene rings is 1. The number of aromatic nitrogens is 2. The molecular weight excluding hydrogens is 305 g/mol. The summed E-state index contributed by atoms with van der Waals surface area (Å²) in [5, 5.41) is 0.341. The molecule has 1 aromatic heterocycles. The van der Waals surface area contributed by atoms with E-state index in [1.807, 2.05) is 17.8 Å². The fraction of sp³-hybridized carbons (Fsp3) is 0.375. The molecule has 6 heteroatoms. The van der Waals surface area contributed by atoms with Crippen LogP contribution in [0.25, 0.3) is 0 Å². The van der Waals surface area contributed by atoms with Gasteiger partial charge < -0.3 is 9.47 Å². The van der Waals surface area contributed by atoms with E-state index in [1.165, 1.54) is 12.1 Å². The second-order valence-corrected chi connectivity index (χ2v) is 6.07. The maximum absolute atomic E-state index is 13.2. The van der Waals surface area contributed by atoms with E-state index in [0.29, 0.717) is 18.1 Å². The summed E-state index contributed by atoms with van der Waals surface area (Å²) in [7, 11) is 1.90. The fourth-order valence-electron chi connectivity index (χ4n) is 2.38. The molecule has 1 aromatic carbocycles. The Kier molecular flexibility index (Phi) is 4.16. The normalized spacial score (nSPS) is 14.1. The van der Waals surface area contributed by atoms with Gasteiger partial charge in [0.1, 0.15) is 11.6 Å². The van der Waals surface area contributed by atoms with Crippen LogP contribution in [-0.2, 0) is 24.9 Å². The van der Waals surface area contributed by atoms with E-state index >= 15 is 0 Å². The molecule has 4 nitrogen and oxygen atoms in total. The quantitative estimate of drug-likeness (QED) is 0.848. The van der Waals surface area contributed by atoms with Gasteiger partial charge in [0.05, 0.1) is 6.54 Å². The highest BCUT2D eigenvalue weighted by Gasteiger charge is 2.34. The summed E-state index contributed by atoms with van der Waals surface area (Å²) in [6.45, 7) is 0.786. The predicted molar refractivity (Wildman–Crippen MR) is 81.6 cm³/mol. The number of carbonyl (C=O) groups is 1. The van der Waals surface area contributed by atoms with Crippen molar-refractivity contribution in [2.24, 2.45) is 13.0 Å². The third kappa shape index (κ3) is 3.30. The zero-order chi connectivity index (χ0) is 15.7. The molecule has 0 atom stereocenters. The first-order chi connectivity index (χ1) is 10.5. The van der Waals surface area contributed by atoms with Crippen molar-refractivity contribution in [2.75, 3.05) is 0 Å². The van der Waals surface area contributed by atoms with Gasteiger partial charge >= 0.3 is 0 Å². The minimum atomic E-state index is -0.377. The molecule has 3 rings (SSSR count). The lowest BCUT2D eigenvalue weighted by molar-refractivity contribution is -0.134. The number of nitrogens with zero attached hydrogens (tertiary/aromatic N) is 3. The highest BCUT2D eigenvalue weighted by atomic mass is 35.5. The summed E-state index contributed by atoms with van der Waals surface area (Å²) in [6.07, 6.45) is 5.43. The fourth-order valence-corrected chi connectivity index (χ4v) is 2.60. The lowest BCUT2D eigenvalue weighted by atomic mass is 10.2. The van der Waals surface area contributed by atoms with Crippen molar-refractivity contribution in [3.8, 4) is 0 Å². The topological polar surface area (TPSA) is 38.1 Å². The number of halogens is 2. The first-order valence-electron chi connectivity index (χ1n) is 7.23. The predicted octanol–water partition coefficient (Wildman–Crippen LogP) is 3.15. The van der Waals surface area contributed by atoms with Gasteiger partial charge in [-0.2, -0.15) is 0 Å². The van der Waals surface area contributed by atoms with Gasteiger partial charge in [0.25, 0.3) is 0 Å². The van der Waals surface area contributed by atoms with Crippen molar-refractivity contribution < 1.29 is 9.18 Å². The molecule has 0 spiro atoms. The number of carbonyl (C=O) groups excluding carboxylic acids is 1. The average molecular weight is 322 g/mol. The van der Waals surface area contributed by atoms with Crippen LogP contribution in [0, 0.1) is 11.7 Å². The highest BCUT2D eigenvalue weighted by Crippen LogP contribution is 2.32. The van der Waals surface area contributed by atoms with Crippen LogP contribution >= 0.6 is 11.6 Å². The minimum Gasteiger partial charge on any atom is -0.337 e. The van der Waals surface area contributed by atoms with E-state index in [4.69, 9.17) is 11.6 Å². The first kappa shape index (κ1) is 15.0. The molecular formula is C16H17ClFN3O. The molecule has 0 radical (unpaired) electrons. The van der Waals surface area contributed by atoms with Crippen LogP contribution in [0.1, 0.15) is 24.2 Å². The van der Waals surface area contributed by atoms with Crippen LogP contribution < -0.4 is 0 Å². The van der Waals surface area contributed by atoms with Crippen molar-refractivity contribution in [2.45, 2.75) is 25.9 Å². The number of hydrogen-bond acceptors (Lipinski definition) is 2. The molecule has 0 N–H and O–H groups in total. The molecule has 0 unspecified atom stereocenters. The molecule has 1 fully saturated rings. The highest BCUT2D eigenvalue weighted by molar-refractivity contribution is 6.31. The van der Waals surface area contributed by atoms with Crippen LogP contribution in [0.15, 0.2) is 30.6 Å². The Balaban J connectivity index is 1.81. The molecule has 1 aliphatic rings. The van der Waals surface area contributed by atoms with E-state index in [2.05, 4.69) is 4.98 Å². The third-order valence-corrected chi connectivity index (χ3v) is 4.22. The lowest BCUT2D eigenvalue weighted by Gasteiger charge is -2.23. The molecule has 1 amide bonds. The molecule has 0 bridgehead atoms. The van der Waals surface area contributed by atoms with E-state index in [-0.39, 0.29) is 17.6 Å². The Bertz CT molecular complexity index is 696. The minimum absolute atomic E-state index is 0.111. The van der Waals surface area contributed by atoms with Crippen molar-refractivity contribution in [1.82, 2.24) is 14.5 Å².